The monoisotopic (exact) mass is 278 g/mol. The Balaban J connectivity index is 2.59. The van der Waals surface area contributed by atoms with Gasteiger partial charge in [0.05, 0.1) is 13.2 Å². The average molecular weight is 278 g/mol. The molecule has 0 radical (unpaired) electrons. The van der Waals surface area contributed by atoms with E-state index in [0.717, 1.165) is 24.7 Å². The second kappa shape index (κ2) is 8.18. The van der Waals surface area contributed by atoms with Gasteiger partial charge in [0.1, 0.15) is 0 Å². The Kier molecular flexibility index (Phi) is 6.90. The lowest BCUT2D eigenvalue weighted by Gasteiger charge is -2.20. The predicted molar refractivity (Wildman–Crippen MR) is 85.4 cm³/mol. The summed E-state index contributed by atoms with van der Waals surface area (Å²) in [6.07, 6.45) is 0. The van der Waals surface area contributed by atoms with Gasteiger partial charge in [0.25, 0.3) is 0 Å². The van der Waals surface area contributed by atoms with Crippen LogP contribution in [0, 0.1) is 23.7 Å². The van der Waals surface area contributed by atoms with E-state index in [4.69, 9.17) is 9.47 Å². The first-order valence-electron chi connectivity index (χ1n) is 7.76. The molecule has 0 amide bonds. The molecule has 2 atom stereocenters. The molecule has 0 aromatic heterocycles. The number of rotatable bonds is 8. The highest BCUT2D eigenvalue weighted by atomic mass is 16.5. The van der Waals surface area contributed by atoms with E-state index in [-0.39, 0.29) is 0 Å². The van der Waals surface area contributed by atoms with Gasteiger partial charge in [0.15, 0.2) is 11.5 Å². The Morgan fingerprint density at radius 1 is 0.700 bits per heavy atom. The van der Waals surface area contributed by atoms with Crippen LogP contribution >= 0.6 is 0 Å². The molecule has 0 saturated carbocycles. The molecule has 0 N–H and O–H groups in total. The maximum absolute atomic E-state index is 5.93. The second-order valence-corrected chi connectivity index (χ2v) is 6.51. The molecular formula is C18H30O2. The van der Waals surface area contributed by atoms with Gasteiger partial charge in [-0.15, -0.1) is 0 Å². The van der Waals surface area contributed by atoms with Gasteiger partial charge in [-0.1, -0.05) is 53.7 Å². The molecule has 114 valence electrons. The van der Waals surface area contributed by atoms with E-state index in [1.54, 1.807) is 0 Å². The SMILES string of the molecule is CC(C)C(C)COc1ccccc1OCC(C)C(C)C. The molecule has 1 rings (SSSR count). The van der Waals surface area contributed by atoms with Crippen LogP contribution in [0.2, 0.25) is 0 Å². The normalized spacial score (nSPS) is 14.4. The largest absolute Gasteiger partial charge is 0.489 e. The van der Waals surface area contributed by atoms with Crippen LogP contribution in [0.1, 0.15) is 41.5 Å². The summed E-state index contributed by atoms with van der Waals surface area (Å²) in [5.74, 6) is 4.05. The second-order valence-electron chi connectivity index (χ2n) is 6.51. The number of hydrogen-bond donors (Lipinski definition) is 0. The zero-order valence-corrected chi connectivity index (χ0v) is 13.8. The summed E-state index contributed by atoms with van der Waals surface area (Å²) in [5.41, 5.74) is 0. The van der Waals surface area contributed by atoms with Gasteiger partial charge in [-0.25, -0.2) is 0 Å². The minimum atomic E-state index is 0.539. The molecule has 1 aromatic carbocycles. The van der Waals surface area contributed by atoms with E-state index in [0.29, 0.717) is 23.7 Å². The minimum absolute atomic E-state index is 0.539. The first kappa shape index (κ1) is 16.9. The fourth-order valence-electron chi connectivity index (χ4n) is 1.52. The lowest BCUT2D eigenvalue weighted by atomic mass is 9.99. The summed E-state index contributed by atoms with van der Waals surface area (Å²) in [4.78, 5) is 0. The van der Waals surface area contributed by atoms with Gasteiger partial charge in [0.2, 0.25) is 0 Å². The molecule has 2 nitrogen and oxygen atoms in total. The molecule has 0 aliphatic rings. The molecule has 0 aliphatic carbocycles. The molecule has 0 fully saturated rings. The quantitative estimate of drug-likeness (QED) is 0.664. The summed E-state index contributed by atoms with van der Waals surface area (Å²) in [5, 5.41) is 0. The number of benzene rings is 1. The van der Waals surface area contributed by atoms with Crippen molar-refractivity contribution in [3.63, 3.8) is 0 Å². The van der Waals surface area contributed by atoms with Crippen molar-refractivity contribution in [1.82, 2.24) is 0 Å². The summed E-state index contributed by atoms with van der Waals surface area (Å²) in [6, 6.07) is 7.97. The van der Waals surface area contributed by atoms with Crippen molar-refractivity contribution in [3.8, 4) is 11.5 Å². The van der Waals surface area contributed by atoms with Crippen LogP contribution in [0.15, 0.2) is 24.3 Å². The molecule has 0 aliphatic heterocycles. The van der Waals surface area contributed by atoms with Gasteiger partial charge in [-0.05, 0) is 35.8 Å². The van der Waals surface area contributed by atoms with E-state index < -0.39 is 0 Å². The van der Waals surface area contributed by atoms with Crippen LogP contribution in [0.3, 0.4) is 0 Å². The molecule has 2 unspecified atom stereocenters. The van der Waals surface area contributed by atoms with E-state index >= 15 is 0 Å². The van der Waals surface area contributed by atoms with Gasteiger partial charge in [-0.2, -0.15) is 0 Å². The van der Waals surface area contributed by atoms with Crippen LogP contribution in [-0.4, -0.2) is 13.2 Å². The van der Waals surface area contributed by atoms with E-state index in [2.05, 4.69) is 41.5 Å². The van der Waals surface area contributed by atoms with Crippen LogP contribution in [0.5, 0.6) is 11.5 Å². The van der Waals surface area contributed by atoms with E-state index in [1.165, 1.54) is 0 Å². The standard InChI is InChI=1S/C18H30O2/c1-13(2)15(5)11-19-17-9-7-8-10-18(17)20-12-16(6)14(3)4/h7-10,13-16H,11-12H2,1-6H3. The van der Waals surface area contributed by atoms with E-state index in [1.807, 2.05) is 24.3 Å². The van der Waals surface area contributed by atoms with Crippen molar-refractivity contribution in [3.05, 3.63) is 24.3 Å². The maximum Gasteiger partial charge on any atom is 0.161 e. The lowest BCUT2D eigenvalue weighted by molar-refractivity contribution is 0.191. The van der Waals surface area contributed by atoms with Crippen LogP contribution in [0.4, 0.5) is 0 Å². The molecule has 20 heavy (non-hydrogen) atoms. The average Bonchev–Trinajstić information content (AvgIpc) is 2.42. The number of para-hydroxylation sites is 2. The highest BCUT2D eigenvalue weighted by Gasteiger charge is 2.12. The summed E-state index contributed by atoms with van der Waals surface area (Å²) in [6.45, 7) is 14.8. The Bertz CT molecular complexity index is 348. The van der Waals surface area contributed by atoms with E-state index in [9.17, 15) is 0 Å². The molecule has 0 heterocycles. The molecule has 0 saturated heterocycles. The number of ether oxygens (including phenoxy) is 2. The van der Waals surface area contributed by atoms with Crippen molar-refractivity contribution in [2.75, 3.05) is 13.2 Å². The highest BCUT2D eigenvalue weighted by molar-refractivity contribution is 5.39. The predicted octanol–water partition coefficient (Wildman–Crippen LogP) is 5.03. The zero-order chi connectivity index (χ0) is 15.1. The fourth-order valence-corrected chi connectivity index (χ4v) is 1.52. The molecule has 1 aromatic rings. The van der Waals surface area contributed by atoms with Crippen molar-refractivity contribution in [2.24, 2.45) is 23.7 Å². The van der Waals surface area contributed by atoms with Crippen molar-refractivity contribution in [1.29, 1.82) is 0 Å². The smallest absolute Gasteiger partial charge is 0.161 e. The molecular weight excluding hydrogens is 248 g/mol. The van der Waals surface area contributed by atoms with Crippen LogP contribution in [0.25, 0.3) is 0 Å². The third kappa shape index (κ3) is 5.44. The van der Waals surface area contributed by atoms with Gasteiger partial charge in [0, 0.05) is 0 Å². The highest BCUT2D eigenvalue weighted by Crippen LogP contribution is 2.28. The third-order valence-corrected chi connectivity index (χ3v) is 4.13. The lowest BCUT2D eigenvalue weighted by Crippen LogP contribution is -2.16. The minimum Gasteiger partial charge on any atom is -0.489 e. The third-order valence-electron chi connectivity index (χ3n) is 4.13. The Labute approximate surface area is 124 Å². The van der Waals surface area contributed by atoms with Crippen molar-refractivity contribution >= 4 is 0 Å². The number of hydrogen-bond acceptors (Lipinski definition) is 2. The summed E-state index contributed by atoms with van der Waals surface area (Å²) >= 11 is 0. The molecule has 0 bridgehead atoms. The van der Waals surface area contributed by atoms with Gasteiger partial charge in [-0.3, -0.25) is 0 Å². The van der Waals surface area contributed by atoms with Crippen molar-refractivity contribution in [2.45, 2.75) is 41.5 Å². The van der Waals surface area contributed by atoms with Crippen LogP contribution in [-0.2, 0) is 0 Å². The zero-order valence-electron chi connectivity index (χ0n) is 13.8. The van der Waals surface area contributed by atoms with Crippen molar-refractivity contribution < 1.29 is 9.47 Å². The van der Waals surface area contributed by atoms with Crippen LogP contribution < -0.4 is 9.47 Å². The topological polar surface area (TPSA) is 18.5 Å². The first-order chi connectivity index (χ1) is 9.41. The Hall–Kier alpha value is -1.18. The Morgan fingerprint density at radius 2 is 1.05 bits per heavy atom. The maximum atomic E-state index is 5.93. The Morgan fingerprint density at radius 3 is 1.35 bits per heavy atom. The first-order valence-corrected chi connectivity index (χ1v) is 7.76. The fraction of sp³-hybridized carbons (Fsp3) is 0.667. The van der Waals surface area contributed by atoms with Gasteiger partial charge < -0.3 is 9.47 Å². The molecule has 0 spiro atoms. The molecule has 2 heteroatoms. The van der Waals surface area contributed by atoms with Gasteiger partial charge >= 0.3 is 0 Å². The summed E-state index contributed by atoms with van der Waals surface area (Å²) in [7, 11) is 0. The summed E-state index contributed by atoms with van der Waals surface area (Å²) < 4.78 is 11.9.